The zero-order valence-electron chi connectivity index (χ0n) is 12.8. The second-order valence-electron chi connectivity index (χ2n) is 5.30. The molecular weight excluding hydrogens is 290 g/mol. The zero-order chi connectivity index (χ0) is 14.4. The minimum Gasteiger partial charge on any atom is -1.00 e. The van der Waals surface area contributed by atoms with Crippen molar-refractivity contribution in [2.45, 2.75) is 25.7 Å². The van der Waals surface area contributed by atoms with Gasteiger partial charge in [0, 0.05) is 5.56 Å². The second kappa shape index (κ2) is 8.90. The van der Waals surface area contributed by atoms with Crippen molar-refractivity contribution in [3.05, 3.63) is 23.8 Å². The van der Waals surface area contributed by atoms with E-state index in [1.165, 1.54) is 32.4 Å². The lowest BCUT2D eigenvalue weighted by Crippen LogP contribution is -3.12. The molecule has 118 valence electrons. The van der Waals surface area contributed by atoms with Gasteiger partial charge in [-0.1, -0.05) is 0 Å². The van der Waals surface area contributed by atoms with Gasteiger partial charge in [-0.15, -0.1) is 0 Å². The van der Waals surface area contributed by atoms with E-state index in [2.05, 4.69) is 0 Å². The van der Waals surface area contributed by atoms with Crippen LogP contribution in [0.4, 0.5) is 0 Å². The van der Waals surface area contributed by atoms with E-state index in [0.29, 0.717) is 23.5 Å². The molecule has 0 aromatic heterocycles. The highest BCUT2D eigenvalue weighted by Crippen LogP contribution is 2.27. The van der Waals surface area contributed by atoms with Crippen molar-refractivity contribution in [3.8, 4) is 11.5 Å². The molecule has 1 N–H and O–H groups in total. The Balaban J connectivity index is 0.00000220. The van der Waals surface area contributed by atoms with Gasteiger partial charge in [0.2, 0.25) is 0 Å². The maximum atomic E-state index is 12.2. The number of carbonyl (C=O) groups excluding carboxylic acids is 1. The van der Waals surface area contributed by atoms with E-state index in [9.17, 15) is 4.79 Å². The first-order valence-corrected chi connectivity index (χ1v) is 7.33. The van der Waals surface area contributed by atoms with Gasteiger partial charge in [-0.25, -0.2) is 0 Å². The normalized spacial score (nSPS) is 15.1. The van der Waals surface area contributed by atoms with E-state index in [-0.39, 0.29) is 18.2 Å². The Hall–Kier alpha value is -1.26. The third kappa shape index (κ3) is 4.90. The van der Waals surface area contributed by atoms with Crippen molar-refractivity contribution in [3.63, 3.8) is 0 Å². The number of hydrogen-bond acceptors (Lipinski definition) is 3. The predicted octanol–water partition coefficient (Wildman–Crippen LogP) is -1.65. The SMILES string of the molecule is COc1ccc(C(=O)CC[NH+]2CCCCC2)cc1OC.[Cl-]. The summed E-state index contributed by atoms with van der Waals surface area (Å²) in [5.41, 5.74) is 0.707. The lowest BCUT2D eigenvalue weighted by Gasteiger charge is -2.23. The van der Waals surface area contributed by atoms with Crippen molar-refractivity contribution in [2.75, 3.05) is 33.9 Å². The molecule has 0 aliphatic carbocycles. The Labute approximate surface area is 132 Å². The number of carbonyl (C=O) groups is 1. The molecule has 1 saturated heterocycles. The van der Waals surface area contributed by atoms with Gasteiger partial charge in [0.25, 0.3) is 0 Å². The quantitative estimate of drug-likeness (QED) is 0.640. The molecule has 5 heteroatoms. The molecule has 0 spiro atoms. The number of rotatable bonds is 6. The molecule has 2 rings (SSSR count). The fraction of sp³-hybridized carbons (Fsp3) is 0.562. The van der Waals surface area contributed by atoms with Gasteiger partial charge in [0.15, 0.2) is 17.3 Å². The predicted molar refractivity (Wildman–Crippen MR) is 77.9 cm³/mol. The molecule has 4 nitrogen and oxygen atoms in total. The molecule has 0 unspecified atom stereocenters. The van der Waals surface area contributed by atoms with Crippen LogP contribution < -0.4 is 26.8 Å². The third-order valence-electron chi connectivity index (χ3n) is 3.97. The highest BCUT2D eigenvalue weighted by molar-refractivity contribution is 5.96. The second-order valence-corrected chi connectivity index (χ2v) is 5.30. The number of benzene rings is 1. The average molecular weight is 314 g/mol. The number of ether oxygens (including phenoxy) is 2. The van der Waals surface area contributed by atoms with Crippen LogP contribution in [0.5, 0.6) is 11.5 Å². The summed E-state index contributed by atoms with van der Waals surface area (Å²) < 4.78 is 10.4. The van der Waals surface area contributed by atoms with Crippen molar-refractivity contribution in [2.24, 2.45) is 0 Å². The maximum absolute atomic E-state index is 12.2. The number of hydrogen-bond donors (Lipinski definition) is 1. The molecule has 1 heterocycles. The molecule has 0 atom stereocenters. The molecule has 0 amide bonds. The molecule has 1 aromatic rings. The van der Waals surface area contributed by atoms with Crippen LogP contribution in [0.1, 0.15) is 36.0 Å². The fourth-order valence-electron chi connectivity index (χ4n) is 2.75. The Morgan fingerprint density at radius 3 is 2.38 bits per heavy atom. The molecule has 0 saturated carbocycles. The number of methoxy groups -OCH3 is 2. The Morgan fingerprint density at radius 1 is 1.10 bits per heavy atom. The lowest BCUT2D eigenvalue weighted by molar-refractivity contribution is -0.904. The topological polar surface area (TPSA) is 40.0 Å². The number of halogens is 1. The number of piperidine rings is 1. The number of Topliss-reactive ketones (excluding diaryl/α,β-unsaturated/α-hetero) is 1. The van der Waals surface area contributed by atoms with Crippen LogP contribution in [0.15, 0.2) is 18.2 Å². The molecule has 0 bridgehead atoms. The first kappa shape index (κ1) is 17.8. The fourth-order valence-corrected chi connectivity index (χ4v) is 2.75. The van der Waals surface area contributed by atoms with Crippen molar-refractivity contribution in [1.82, 2.24) is 0 Å². The van der Waals surface area contributed by atoms with E-state index in [0.717, 1.165) is 6.54 Å². The van der Waals surface area contributed by atoms with Crippen molar-refractivity contribution in [1.29, 1.82) is 0 Å². The molecule has 21 heavy (non-hydrogen) atoms. The monoisotopic (exact) mass is 313 g/mol. The van der Waals surface area contributed by atoms with E-state index in [1.54, 1.807) is 31.3 Å². The van der Waals surface area contributed by atoms with Crippen LogP contribution in [0.3, 0.4) is 0 Å². The summed E-state index contributed by atoms with van der Waals surface area (Å²) in [6, 6.07) is 5.38. The summed E-state index contributed by atoms with van der Waals surface area (Å²) >= 11 is 0. The maximum Gasteiger partial charge on any atom is 0.168 e. The van der Waals surface area contributed by atoms with E-state index in [4.69, 9.17) is 9.47 Å². The van der Waals surface area contributed by atoms with E-state index < -0.39 is 0 Å². The largest absolute Gasteiger partial charge is 1.00 e. The van der Waals surface area contributed by atoms with Gasteiger partial charge in [0.1, 0.15) is 0 Å². The van der Waals surface area contributed by atoms with E-state index in [1.807, 2.05) is 6.07 Å². The molecule has 1 aromatic carbocycles. The minimum atomic E-state index is 0. The van der Waals surface area contributed by atoms with Gasteiger partial charge < -0.3 is 26.8 Å². The van der Waals surface area contributed by atoms with Crippen molar-refractivity contribution >= 4 is 5.78 Å². The first-order valence-electron chi connectivity index (χ1n) is 7.33. The zero-order valence-corrected chi connectivity index (χ0v) is 13.5. The minimum absolute atomic E-state index is 0. The summed E-state index contributed by atoms with van der Waals surface area (Å²) in [5, 5.41) is 0. The molecule has 1 aliphatic heterocycles. The highest BCUT2D eigenvalue weighted by Gasteiger charge is 2.16. The standard InChI is InChI=1S/C16H23NO3.ClH/c1-19-15-7-6-13(12-16(15)20-2)14(18)8-11-17-9-4-3-5-10-17;/h6-7,12H,3-5,8-11H2,1-2H3;1H. The summed E-state index contributed by atoms with van der Waals surface area (Å²) in [5.74, 6) is 1.46. The smallest absolute Gasteiger partial charge is 0.168 e. The molecule has 1 fully saturated rings. The average Bonchev–Trinajstić information content (AvgIpc) is 2.52. The summed E-state index contributed by atoms with van der Waals surface area (Å²) in [6.45, 7) is 3.35. The number of likely N-dealkylation sites (tertiary alicyclic amines) is 1. The molecule has 1 aliphatic rings. The van der Waals surface area contributed by atoms with Crippen LogP contribution in [0, 0.1) is 0 Å². The third-order valence-corrected chi connectivity index (χ3v) is 3.97. The Morgan fingerprint density at radius 2 is 1.76 bits per heavy atom. The summed E-state index contributed by atoms with van der Waals surface area (Å²) in [6.07, 6.45) is 4.53. The number of ketones is 1. The van der Waals surface area contributed by atoms with Gasteiger partial charge in [0.05, 0.1) is 40.3 Å². The van der Waals surface area contributed by atoms with Crippen LogP contribution in [-0.4, -0.2) is 39.6 Å². The van der Waals surface area contributed by atoms with Crippen LogP contribution in [0.25, 0.3) is 0 Å². The van der Waals surface area contributed by atoms with E-state index >= 15 is 0 Å². The molecule has 0 radical (unpaired) electrons. The van der Waals surface area contributed by atoms with Gasteiger partial charge >= 0.3 is 0 Å². The van der Waals surface area contributed by atoms with Crippen LogP contribution in [-0.2, 0) is 0 Å². The molecular formula is C16H24ClNO3. The summed E-state index contributed by atoms with van der Waals surface area (Å²) in [7, 11) is 3.18. The number of nitrogens with one attached hydrogen (secondary N) is 1. The number of quaternary nitrogens is 1. The van der Waals surface area contributed by atoms with Crippen LogP contribution >= 0.6 is 0 Å². The van der Waals surface area contributed by atoms with Gasteiger partial charge in [-0.2, -0.15) is 0 Å². The van der Waals surface area contributed by atoms with Gasteiger partial charge in [-0.05, 0) is 37.5 Å². The van der Waals surface area contributed by atoms with Crippen LogP contribution in [0.2, 0.25) is 0 Å². The van der Waals surface area contributed by atoms with Gasteiger partial charge in [-0.3, -0.25) is 4.79 Å². The van der Waals surface area contributed by atoms with Crippen molar-refractivity contribution < 1.29 is 31.6 Å². The summed E-state index contributed by atoms with van der Waals surface area (Å²) in [4.78, 5) is 13.8. The first-order chi connectivity index (χ1) is 9.74. The Bertz CT molecular complexity index is 459. The highest BCUT2D eigenvalue weighted by atomic mass is 35.5. The Kier molecular flexibility index (Phi) is 7.54. The lowest BCUT2D eigenvalue weighted by atomic mass is 10.1.